The first-order valence-electron chi connectivity index (χ1n) is 19.7. The van der Waals surface area contributed by atoms with Gasteiger partial charge in [-0.15, -0.1) is 5.75 Å². The van der Waals surface area contributed by atoms with Crippen molar-refractivity contribution in [2.75, 3.05) is 0 Å². The molecule has 2 heterocycles. The number of hydrogen-bond donors (Lipinski definition) is 0. The van der Waals surface area contributed by atoms with Gasteiger partial charge in [0.05, 0.1) is 0 Å². The van der Waals surface area contributed by atoms with Crippen LogP contribution in [-0.4, -0.2) is 16.7 Å². The molecular formula is C52H52BN2NaO. The minimum absolute atomic E-state index is 0. The van der Waals surface area contributed by atoms with E-state index in [1.165, 1.54) is 94.3 Å². The van der Waals surface area contributed by atoms with Crippen molar-refractivity contribution in [2.24, 2.45) is 0 Å². The van der Waals surface area contributed by atoms with Crippen LogP contribution in [0.3, 0.4) is 0 Å². The summed E-state index contributed by atoms with van der Waals surface area (Å²) >= 11 is 0. The first-order valence-corrected chi connectivity index (χ1v) is 19.7. The molecule has 7 rings (SSSR count). The fourth-order valence-corrected chi connectivity index (χ4v) is 9.81. The van der Waals surface area contributed by atoms with E-state index in [4.69, 9.17) is 0 Å². The van der Waals surface area contributed by atoms with E-state index < -0.39 is 0 Å². The molecular weight excluding hydrogens is 702 g/mol. The third kappa shape index (κ3) is 7.68. The average molecular weight is 755 g/mol. The number of aryl methyl sites for hydroxylation is 6. The molecule has 5 heteroatoms. The van der Waals surface area contributed by atoms with Crippen LogP contribution in [0.15, 0.2) is 116 Å². The van der Waals surface area contributed by atoms with E-state index in [0.29, 0.717) is 0 Å². The zero-order valence-corrected chi connectivity index (χ0v) is 37.8. The molecule has 2 aromatic heterocycles. The van der Waals surface area contributed by atoms with Crippen LogP contribution in [0, 0.1) is 62.3 Å². The molecule has 0 spiro atoms. The van der Waals surface area contributed by atoms with E-state index in [0.717, 1.165) is 16.7 Å². The maximum absolute atomic E-state index is 11.9. The topological polar surface area (TPSA) is 48.8 Å². The van der Waals surface area contributed by atoms with Crippen LogP contribution in [0.25, 0.3) is 33.4 Å². The Labute approximate surface area is 363 Å². The first kappa shape index (κ1) is 41.9. The summed E-state index contributed by atoms with van der Waals surface area (Å²) in [5, 5.41) is 11.9. The van der Waals surface area contributed by atoms with Gasteiger partial charge in [-0.05, 0) is 141 Å². The summed E-state index contributed by atoms with van der Waals surface area (Å²) in [5.41, 5.74) is 24.9. The molecule has 0 radical (unpaired) electrons. The number of rotatable bonds is 8. The van der Waals surface area contributed by atoms with E-state index in [1.807, 2.05) is 49.1 Å². The molecule has 0 fully saturated rings. The smallest absolute Gasteiger partial charge is 0.872 e. The third-order valence-corrected chi connectivity index (χ3v) is 12.3. The van der Waals surface area contributed by atoms with Gasteiger partial charge >= 0.3 is 29.6 Å². The van der Waals surface area contributed by atoms with Crippen molar-refractivity contribution >= 4 is 23.1 Å². The quantitative estimate of drug-likeness (QED) is 0.155. The zero-order valence-electron chi connectivity index (χ0n) is 35.8. The van der Waals surface area contributed by atoms with Crippen LogP contribution < -0.4 is 51.1 Å². The second-order valence-corrected chi connectivity index (χ2v) is 16.4. The summed E-state index contributed by atoms with van der Waals surface area (Å²) in [4.78, 5) is 9.09. The maximum atomic E-state index is 11.9. The molecule has 0 unspecified atom stereocenters. The van der Waals surface area contributed by atoms with Gasteiger partial charge in [0, 0.05) is 41.3 Å². The standard InChI is InChI=1S/C52H53BN2O.Na/c1-31-26-34(4)49(37(7)46(31)40-16-18-43(19-17-40)52(10,11)44-20-22-45(56)23-21-44)53(50-35(5)27-32(2)47(38(50)8)41-14-12-24-54-29-41)51-36(6)28-33(3)48(39(51)9)42-15-13-25-55-30-42;/h12-30,56H,1-11H3;/q;+1/p-1. The SMILES string of the molecule is Cc1cc(C)c(-c2ccc(C(C)(C)c3ccc([O-])cc3)cc2)c(C)c1B(c1c(C)cc(C)c(-c2cccnc2)c1C)c1c(C)cc(C)c(-c2cccnc2)c1C.[Na+]. The van der Waals surface area contributed by atoms with Gasteiger partial charge in [0.25, 0.3) is 0 Å². The summed E-state index contributed by atoms with van der Waals surface area (Å²) in [6.45, 7) is 25.0. The van der Waals surface area contributed by atoms with Crippen molar-refractivity contribution in [3.05, 3.63) is 177 Å². The van der Waals surface area contributed by atoms with Crippen LogP contribution in [-0.2, 0) is 5.41 Å². The second-order valence-electron chi connectivity index (χ2n) is 16.4. The number of nitrogens with zero attached hydrogens (tertiary/aromatic N) is 2. The van der Waals surface area contributed by atoms with E-state index in [9.17, 15) is 5.11 Å². The van der Waals surface area contributed by atoms with Gasteiger partial charge in [-0.3, -0.25) is 9.97 Å². The van der Waals surface area contributed by atoms with Crippen LogP contribution in [0.1, 0.15) is 75.0 Å². The molecule has 0 bridgehead atoms. The molecule has 7 aromatic rings. The zero-order chi connectivity index (χ0) is 40.1. The van der Waals surface area contributed by atoms with E-state index in [-0.39, 0.29) is 47.4 Å². The predicted molar refractivity (Wildman–Crippen MR) is 237 cm³/mol. The van der Waals surface area contributed by atoms with Crippen molar-refractivity contribution in [1.82, 2.24) is 9.97 Å². The molecule has 0 atom stereocenters. The van der Waals surface area contributed by atoms with Crippen molar-refractivity contribution in [3.63, 3.8) is 0 Å². The molecule has 5 aromatic carbocycles. The molecule has 0 aliphatic rings. The van der Waals surface area contributed by atoms with Crippen molar-refractivity contribution in [3.8, 4) is 39.1 Å². The van der Waals surface area contributed by atoms with Crippen LogP contribution >= 0.6 is 0 Å². The normalized spacial score (nSPS) is 11.4. The van der Waals surface area contributed by atoms with Gasteiger partial charge in [0.15, 0.2) is 0 Å². The Balaban J connectivity index is 0.00000549. The predicted octanol–water partition coefficient (Wildman–Crippen LogP) is 7.17. The van der Waals surface area contributed by atoms with E-state index in [1.54, 1.807) is 12.1 Å². The van der Waals surface area contributed by atoms with Crippen LogP contribution in [0.5, 0.6) is 5.75 Å². The van der Waals surface area contributed by atoms with E-state index >= 15 is 0 Å². The minimum Gasteiger partial charge on any atom is -0.872 e. The summed E-state index contributed by atoms with van der Waals surface area (Å²) in [6, 6.07) is 31.9. The monoisotopic (exact) mass is 754 g/mol. The summed E-state index contributed by atoms with van der Waals surface area (Å²) in [5.74, 6) is 0.0352. The van der Waals surface area contributed by atoms with Gasteiger partial charge in [-0.1, -0.05) is 126 Å². The van der Waals surface area contributed by atoms with Crippen LogP contribution in [0.4, 0.5) is 0 Å². The van der Waals surface area contributed by atoms with Gasteiger partial charge < -0.3 is 5.11 Å². The van der Waals surface area contributed by atoms with Crippen molar-refractivity contribution < 1.29 is 34.7 Å². The Bertz CT molecular complexity index is 2480. The van der Waals surface area contributed by atoms with E-state index in [2.05, 4.69) is 141 Å². The molecule has 0 saturated heterocycles. The third-order valence-electron chi connectivity index (χ3n) is 12.3. The maximum Gasteiger partial charge on any atom is 1.00 e. The Morgan fingerprint density at radius 3 is 1.16 bits per heavy atom. The summed E-state index contributed by atoms with van der Waals surface area (Å²) < 4.78 is 0. The van der Waals surface area contributed by atoms with Gasteiger partial charge in [-0.25, -0.2) is 0 Å². The number of aromatic nitrogens is 2. The summed E-state index contributed by atoms with van der Waals surface area (Å²) in [7, 11) is 0. The first-order chi connectivity index (χ1) is 26.7. The number of benzene rings is 5. The molecule has 0 aliphatic heterocycles. The molecule has 0 N–H and O–H groups in total. The fraction of sp³-hybridized carbons (Fsp3) is 0.231. The largest absolute Gasteiger partial charge is 1.00 e. The van der Waals surface area contributed by atoms with Gasteiger partial charge in [0.1, 0.15) is 0 Å². The second kappa shape index (κ2) is 16.6. The molecule has 0 saturated carbocycles. The molecule has 280 valence electrons. The number of pyridine rings is 2. The van der Waals surface area contributed by atoms with Gasteiger partial charge in [0.2, 0.25) is 6.71 Å². The van der Waals surface area contributed by atoms with Gasteiger partial charge in [-0.2, -0.15) is 0 Å². The molecule has 3 nitrogen and oxygen atoms in total. The van der Waals surface area contributed by atoms with Crippen molar-refractivity contribution in [2.45, 2.75) is 81.6 Å². The Morgan fingerprint density at radius 1 is 0.456 bits per heavy atom. The van der Waals surface area contributed by atoms with Crippen molar-refractivity contribution in [1.29, 1.82) is 0 Å². The molecule has 0 aliphatic carbocycles. The fourth-order valence-electron chi connectivity index (χ4n) is 9.81. The molecule has 0 amide bonds. The molecule has 57 heavy (non-hydrogen) atoms. The number of hydrogen-bond acceptors (Lipinski definition) is 3. The minimum atomic E-state index is -0.251. The Hall–Kier alpha value is -4.74. The Morgan fingerprint density at radius 2 is 0.807 bits per heavy atom. The Kier molecular flexibility index (Phi) is 12.2. The average Bonchev–Trinajstić information content (AvgIpc) is 3.15. The summed E-state index contributed by atoms with van der Waals surface area (Å²) in [6.07, 6.45) is 7.70. The van der Waals surface area contributed by atoms with Crippen LogP contribution in [0.2, 0.25) is 0 Å².